The van der Waals surface area contributed by atoms with Crippen LogP contribution in [0.15, 0.2) is 59.4 Å². The van der Waals surface area contributed by atoms with E-state index in [0.29, 0.717) is 13.1 Å². The molecule has 0 aliphatic heterocycles. The third-order valence-corrected chi connectivity index (χ3v) is 4.88. The van der Waals surface area contributed by atoms with Crippen LogP contribution in [0.1, 0.15) is 12.5 Å². The number of anilines is 1. The van der Waals surface area contributed by atoms with Crippen molar-refractivity contribution in [1.82, 2.24) is 19.9 Å². The van der Waals surface area contributed by atoms with Crippen molar-refractivity contribution in [3.8, 4) is 11.5 Å². The summed E-state index contributed by atoms with van der Waals surface area (Å²) in [6, 6.07) is 15.5. The van der Waals surface area contributed by atoms with Crippen molar-refractivity contribution in [2.24, 2.45) is 0 Å². The number of nitrogens with one attached hydrogen (secondary N) is 2. The van der Waals surface area contributed by atoms with Crippen LogP contribution in [0, 0.1) is 0 Å². The van der Waals surface area contributed by atoms with Crippen molar-refractivity contribution in [2.45, 2.75) is 13.5 Å². The van der Waals surface area contributed by atoms with Gasteiger partial charge in [0.1, 0.15) is 5.69 Å². The van der Waals surface area contributed by atoms with Gasteiger partial charge in [-0.25, -0.2) is 14.8 Å². The molecular formula is C20H19N5OS. The molecule has 0 fully saturated rings. The number of aromatic amines is 1. The van der Waals surface area contributed by atoms with E-state index in [1.54, 1.807) is 10.4 Å². The van der Waals surface area contributed by atoms with Crippen molar-refractivity contribution in [3.05, 3.63) is 65.0 Å². The molecular weight excluding hydrogens is 358 g/mol. The van der Waals surface area contributed by atoms with Crippen LogP contribution in [-0.2, 0) is 6.54 Å². The van der Waals surface area contributed by atoms with Gasteiger partial charge < -0.3 is 15.2 Å². The molecule has 2 N–H and O–H groups in total. The van der Waals surface area contributed by atoms with E-state index < -0.39 is 0 Å². The monoisotopic (exact) mass is 377 g/mol. The van der Waals surface area contributed by atoms with Gasteiger partial charge in [0.15, 0.2) is 5.82 Å². The highest BCUT2D eigenvalue weighted by atomic mass is 32.1. The number of fused-ring (bicyclic) bond motifs is 1. The van der Waals surface area contributed by atoms with Crippen LogP contribution in [0.2, 0.25) is 0 Å². The minimum atomic E-state index is -0.125. The Morgan fingerprint density at radius 1 is 1.22 bits per heavy atom. The highest BCUT2D eigenvalue weighted by Gasteiger charge is 2.13. The minimum Gasteiger partial charge on any atom is -0.337 e. The molecule has 2 aromatic carbocycles. The molecule has 0 radical (unpaired) electrons. The predicted octanol–water partition coefficient (Wildman–Crippen LogP) is 4.74. The van der Waals surface area contributed by atoms with E-state index in [0.717, 1.165) is 33.8 Å². The van der Waals surface area contributed by atoms with Crippen LogP contribution in [0.5, 0.6) is 0 Å². The summed E-state index contributed by atoms with van der Waals surface area (Å²) >= 11 is 1.53. The maximum atomic E-state index is 12.7. The predicted molar refractivity (Wildman–Crippen MR) is 109 cm³/mol. The number of hydrogen-bond donors (Lipinski definition) is 2. The molecule has 7 heteroatoms. The average molecular weight is 377 g/mol. The maximum Gasteiger partial charge on any atom is 0.322 e. The molecule has 0 unspecified atom stereocenters. The number of aromatic nitrogens is 3. The van der Waals surface area contributed by atoms with Gasteiger partial charge in [0.05, 0.1) is 16.5 Å². The molecule has 0 spiro atoms. The second-order valence-corrected chi connectivity index (χ2v) is 6.84. The standard InChI is InChI=1S/C20H19N5OS/c1-2-25(11-14-6-4-3-5-7-14)20(26)22-15-8-9-16-17(10-15)24-19(23-16)18-12-27-13-21-18/h3-10,12-13H,2,11H2,1H3,(H,22,26)(H,23,24). The first-order valence-corrected chi connectivity index (χ1v) is 9.65. The highest BCUT2D eigenvalue weighted by Crippen LogP contribution is 2.23. The molecule has 2 amide bonds. The zero-order valence-electron chi connectivity index (χ0n) is 14.8. The Kier molecular flexibility index (Phi) is 4.84. The third-order valence-electron chi connectivity index (χ3n) is 4.29. The molecule has 0 saturated heterocycles. The lowest BCUT2D eigenvalue weighted by Gasteiger charge is -2.21. The van der Waals surface area contributed by atoms with Gasteiger partial charge in [0.2, 0.25) is 0 Å². The van der Waals surface area contributed by atoms with Gasteiger partial charge in [0, 0.05) is 24.2 Å². The summed E-state index contributed by atoms with van der Waals surface area (Å²) in [4.78, 5) is 26.5. The highest BCUT2D eigenvalue weighted by molar-refractivity contribution is 7.07. The number of amides is 2. The van der Waals surface area contributed by atoms with E-state index >= 15 is 0 Å². The smallest absolute Gasteiger partial charge is 0.322 e. The molecule has 0 bridgehead atoms. The Labute approximate surface area is 160 Å². The molecule has 0 aliphatic rings. The van der Waals surface area contributed by atoms with Gasteiger partial charge in [-0.05, 0) is 30.7 Å². The van der Waals surface area contributed by atoms with E-state index in [4.69, 9.17) is 0 Å². The third kappa shape index (κ3) is 3.83. The fourth-order valence-electron chi connectivity index (χ4n) is 2.87. The Hall–Kier alpha value is -3.19. The summed E-state index contributed by atoms with van der Waals surface area (Å²) in [5, 5.41) is 4.92. The summed E-state index contributed by atoms with van der Waals surface area (Å²) in [5.74, 6) is 0.731. The lowest BCUT2D eigenvalue weighted by molar-refractivity contribution is 0.212. The molecule has 0 aliphatic carbocycles. The zero-order chi connectivity index (χ0) is 18.6. The molecule has 4 aromatic rings. The van der Waals surface area contributed by atoms with Crippen molar-refractivity contribution >= 4 is 34.1 Å². The molecule has 0 atom stereocenters. The van der Waals surface area contributed by atoms with Gasteiger partial charge in [-0.1, -0.05) is 30.3 Å². The first-order valence-electron chi connectivity index (χ1n) is 8.71. The fourth-order valence-corrected chi connectivity index (χ4v) is 3.41. The quantitative estimate of drug-likeness (QED) is 0.527. The lowest BCUT2D eigenvalue weighted by Crippen LogP contribution is -2.34. The number of H-pyrrole nitrogens is 1. The number of carbonyl (C=O) groups is 1. The van der Waals surface area contributed by atoms with E-state index in [-0.39, 0.29) is 6.03 Å². The lowest BCUT2D eigenvalue weighted by atomic mass is 10.2. The zero-order valence-corrected chi connectivity index (χ0v) is 15.7. The number of hydrogen-bond acceptors (Lipinski definition) is 4. The van der Waals surface area contributed by atoms with Crippen LogP contribution >= 0.6 is 11.3 Å². The molecule has 0 saturated carbocycles. The van der Waals surface area contributed by atoms with Gasteiger partial charge in [-0.2, -0.15) is 0 Å². The van der Waals surface area contributed by atoms with Crippen LogP contribution in [0.3, 0.4) is 0 Å². The van der Waals surface area contributed by atoms with Crippen LogP contribution in [-0.4, -0.2) is 32.4 Å². The topological polar surface area (TPSA) is 73.9 Å². The number of thiazole rings is 1. The largest absolute Gasteiger partial charge is 0.337 e. The summed E-state index contributed by atoms with van der Waals surface area (Å²) in [6.07, 6.45) is 0. The number of imidazole rings is 1. The van der Waals surface area contributed by atoms with Crippen molar-refractivity contribution < 1.29 is 4.79 Å². The molecule has 6 nitrogen and oxygen atoms in total. The first-order chi connectivity index (χ1) is 13.2. The Bertz CT molecular complexity index is 1040. The van der Waals surface area contributed by atoms with E-state index in [2.05, 4.69) is 20.3 Å². The number of nitrogens with zero attached hydrogens (tertiary/aromatic N) is 3. The first kappa shape index (κ1) is 17.2. The Morgan fingerprint density at radius 2 is 2.07 bits per heavy atom. The van der Waals surface area contributed by atoms with Crippen molar-refractivity contribution in [2.75, 3.05) is 11.9 Å². The van der Waals surface area contributed by atoms with Crippen LogP contribution < -0.4 is 5.32 Å². The fraction of sp³-hybridized carbons (Fsp3) is 0.150. The molecule has 2 heterocycles. The summed E-state index contributed by atoms with van der Waals surface area (Å²) in [6.45, 7) is 3.17. The molecule has 4 rings (SSSR count). The van der Waals surface area contributed by atoms with Gasteiger partial charge in [-0.15, -0.1) is 11.3 Å². The molecule has 27 heavy (non-hydrogen) atoms. The van der Waals surface area contributed by atoms with E-state index in [9.17, 15) is 4.79 Å². The number of urea groups is 1. The van der Waals surface area contributed by atoms with E-state index in [1.807, 2.05) is 60.8 Å². The maximum absolute atomic E-state index is 12.7. The van der Waals surface area contributed by atoms with Gasteiger partial charge >= 0.3 is 6.03 Å². The second kappa shape index (κ2) is 7.59. The second-order valence-electron chi connectivity index (χ2n) is 6.12. The van der Waals surface area contributed by atoms with Crippen LogP contribution in [0.25, 0.3) is 22.6 Å². The van der Waals surface area contributed by atoms with Crippen molar-refractivity contribution in [3.63, 3.8) is 0 Å². The van der Waals surface area contributed by atoms with Crippen LogP contribution in [0.4, 0.5) is 10.5 Å². The molecule has 2 aromatic heterocycles. The number of rotatable bonds is 5. The summed E-state index contributed by atoms with van der Waals surface area (Å²) in [7, 11) is 0. The normalized spacial score (nSPS) is 10.9. The Balaban J connectivity index is 1.50. The van der Waals surface area contributed by atoms with Crippen molar-refractivity contribution in [1.29, 1.82) is 0 Å². The average Bonchev–Trinajstić information content (AvgIpc) is 3.36. The SMILES string of the molecule is CCN(Cc1ccccc1)C(=O)Nc1ccc2nc(-c3cscn3)[nH]c2c1. The van der Waals surface area contributed by atoms with Gasteiger partial charge in [0.25, 0.3) is 0 Å². The van der Waals surface area contributed by atoms with Gasteiger partial charge in [-0.3, -0.25) is 0 Å². The minimum absolute atomic E-state index is 0.125. The number of carbonyl (C=O) groups excluding carboxylic acids is 1. The van der Waals surface area contributed by atoms with E-state index in [1.165, 1.54) is 11.3 Å². The molecule has 136 valence electrons. The Morgan fingerprint density at radius 3 is 2.81 bits per heavy atom. The summed E-state index contributed by atoms with van der Waals surface area (Å²) in [5.41, 5.74) is 6.13. The number of benzene rings is 2. The summed E-state index contributed by atoms with van der Waals surface area (Å²) < 4.78 is 0.